The van der Waals surface area contributed by atoms with Crippen molar-refractivity contribution >= 4 is 24.3 Å². The first-order chi connectivity index (χ1) is 19.7. The van der Waals surface area contributed by atoms with Gasteiger partial charge in [0.05, 0.1) is 16.7 Å². The van der Waals surface area contributed by atoms with E-state index in [-0.39, 0.29) is 46.4 Å². The molecule has 0 bridgehead atoms. The number of aliphatic hydroxyl groups is 1. The van der Waals surface area contributed by atoms with Crippen LogP contribution in [0.15, 0.2) is 9.98 Å². The summed E-state index contributed by atoms with van der Waals surface area (Å²) in [4.78, 5) is 47.9. The smallest absolute Gasteiger partial charge is 0.408 e. The molecular formula is C34H74N6O6. The summed E-state index contributed by atoms with van der Waals surface area (Å²) in [5.41, 5.74) is 3.70. The van der Waals surface area contributed by atoms with Crippen molar-refractivity contribution < 1.29 is 29.0 Å². The number of hydrogen-bond acceptors (Lipinski definition) is 9. The van der Waals surface area contributed by atoms with Gasteiger partial charge in [-0.15, -0.1) is 0 Å². The molecule has 0 spiro atoms. The quantitative estimate of drug-likeness (QED) is 0.153. The van der Waals surface area contributed by atoms with Crippen molar-refractivity contribution in [1.82, 2.24) is 16.0 Å². The van der Waals surface area contributed by atoms with Gasteiger partial charge in [0.1, 0.15) is 5.60 Å². The molecule has 0 aromatic rings. The molecule has 0 atom stereocenters. The summed E-state index contributed by atoms with van der Waals surface area (Å²) < 4.78 is 5.06. The average molecular weight is 663 g/mol. The Balaban J connectivity index is -0.000000108. The minimum absolute atomic E-state index is 0. The number of carbonyl (C=O) groups is 2. The molecule has 12 nitrogen and oxygen atoms in total. The summed E-state index contributed by atoms with van der Waals surface area (Å²) in [5.74, 6) is 0. The van der Waals surface area contributed by atoms with E-state index in [1.54, 1.807) is 20.8 Å². The number of nitrogens with zero attached hydrogens (tertiary/aromatic N) is 2. The highest BCUT2D eigenvalue weighted by molar-refractivity contribution is 5.74. The van der Waals surface area contributed by atoms with Crippen LogP contribution in [0.3, 0.4) is 0 Å². The first kappa shape index (κ1) is 55.6. The molecule has 0 saturated heterocycles. The number of ether oxygens (including phenoxy) is 1. The molecular weight excluding hydrogens is 588 g/mol. The van der Waals surface area contributed by atoms with Crippen LogP contribution < -0.4 is 21.7 Å². The number of isocyanates is 2. The van der Waals surface area contributed by atoms with Crippen LogP contribution in [0.5, 0.6) is 0 Å². The molecule has 0 rings (SSSR count). The Bertz CT molecular complexity index is 798. The largest absolute Gasteiger partial charge is 0.444 e. The van der Waals surface area contributed by atoms with Gasteiger partial charge in [-0.05, 0) is 152 Å². The molecule has 0 aliphatic heterocycles. The van der Waals surface area contributed by atoms with E-state index in [1.807, 2.05) is 132 Å². The van der Waals surface area contributed by atoms with E-state index >= 15 is 0 Å². The maximum Gasteiger partial charge on any atom is 0.408 e. The molecule has 6 N–H and O–H groups in total. The van der Waals surface area contributed by atoms with Crippen molar-refractivity contribution in [1.29, 1.82) is 0 Å². The minimum Gasteiger partial charge on any atom is -0.444 e. The Hall–Kier alpha value is -2.78. The predicted molar refractivity (Wildman–Crippen MR) is 193 cm³/mol. The third-order valence-electron chi connectivity index (χ3n) is 2.48. The van der Waals surface area contributed by atoms with Crippen LogP contribution in [-0.4, -0.2) is 74.8 Å². The Labute approximate surface area is 282 Å². The highest BCUT2D eigenvalue weighted by atomic mass is 16.6. The molecule has 276 valence electrons. The molecule has 0 aliphatic carbocycles. The maximum atomic E-state index is 11.1. The summed E-state index contributed by atoms with van der Waals surface area (Å²) in [7, 11) is 0. The van der Waals surface area contributed by atoms with Gasteiger partial charge in [0, 0.05) is 23.2 Å². The predicted octanol–water partition coefficient (Wildman–Crippen LogP) is 7.17. The van der Waals surface area contributed by atoms with E-state index in [9.17, 15) is 19.2 Å². The number of hydrogen-bond donors (Lipinski definition) is 5. The second-order valence-corrected chi connectivity index (χ2v) is 17.1. The van der Waals surface area contributed by atoms with Crippen LogP contribution in [0.2, 0.25) is 0 Å². The lowest BCUT2D eigenvalue weighted by Gasteiger charge is -2.25. The Morgan fingerprint density at radius 3 is 1.00 bits per heavy atom. The topological polar surface area (TPSA) is 185 Å². The minimum atomic E-state index is -0.500. The fourth-order valence-corrected chi connectivity index (χ4v) is 1.45. The average Bonchev–Trinajstić information content (AvgIpc) is 2.60. The number of alkyl carbamates (subject to hydrolysis) is 1. The fourth-order valence-electron chi connectivity index (χ4n) is 1.45. The number of urea groups is 1. The van der Waals surface area contributed by atoms with E-state index in [1.165, 1.54) is 12.2 Å². The first-order valence-electron chi connectivity index (χ1n) is 15.5. The second-order valence-electron chi connectivity index (χ2n) is 17.1. The molecule has 0 aliphatic rings. The van der Waals surface area contributed by atoms with Crippen LogP contribution in [0.4, 0.5) is 9.59 Å². The van der Waals surface area contributed by atoms with Crippen LogP contribution in [0, 0.1) is 0 Å². The summed E-state index contributed by atoms with van der Waals surface area (Å²) >= 11 is 0. The molecule has 3 amide bonds. The van der Waals surface area contributed by atoms with Crippen LogP contribution in [0.1, 0.15) is 152 Å². The van der Waals surface area contributed by atoms with Crippen molar-refractivity contribution in [2.45, 2.75) is 198 Å². The van der Waals surface area contributed by atoms with Crippen molar-refractivity contribution in [2.75, 3.05) is 0 Å². The van der Waals surface area contributed by atoms with E-state index in [4.69, 9.17) is 15.6 Å². The summed E-state index contributed by atoms with van der Waals surface area (Å²) in [5, 5.41) is 16.7. The Kier molecular flexibility index (Phi) is 30.6. The lowest BCUT2D eigenvalue weighted by molar-refractivity contribution is 0.0480. The summed E-state index contributed by atoms with van der Waals surface area (Å²) in [6.45, 7) is 41.2. The first-order valence-corrected chi connectivity index (χ1v) is 15.5. The van der Waals surface area contributed by atoms with Gasteiger partial charge < -0.3 is 31.5 Å². The lowest BCUT2D eigenvalue weighted by atomic mass is 10.1. The summed E-state index contributed by atoms with van der Waals surface area (Å²) in [6, 6.07) is 0.322. The highest BCUT2D eigenvalue weighted by Gasteiger charge is 2.20. The van der Waals surface area contributed by atoms with E-state index < -0.39 is 11.2 Å². The second kappa shape index (κ2) is 25.3. The van der Waals surface area contributed by atoms with Crippen LogP contribution >= 0.6 is 0 Å². The molecule has 0 aromatic carbocycles. The van der Waals surface area contributed by atoms with Crippen LogP contribution in [0.25, 0.3) is 0 Å². The SMILES string of the molecule is CC(C)(C)N.CC(C)(C)N=C=O.CC(C)(C)N=C=O.CC(C)(C)NC(=O)OC(C)(C)C.CC(C)(C)O.CC(C)NC(=O)NC(C)C. The van der Waals surface area contributed by atoms with E-state index in [0.717, 1.165) is 0 Å². The number of nitrogens with one attached hydrogen (secondary N) is 3. The highest BCUT2D eigenvalue weighted by Crippen LogP contribution is 2.08. The van der Waals surface area contributed by atoms with Crippen molar-refractivity contribution in [3.05, 3.63) is 0 Å². The van der Waals surface area contributed by atoms with Gasteiger partial charge in [0.25, 0.3) is 0 Å². The van der Waals surface area contributed by atoms with E-state index in [2.05, 4.69) is 25.9 Å². The normalized spacial score (nSPS) is 11.2. The summed E-state index contributed by atoms with van der Waals surface area (Å²) in [6.07, 6.45) is 2.60. The van der Waals surface area contributed by atoms with Gasteiger partial charge in [-0.25, -0.2) is 29.2 Å². The zero-order chi connectivity index (χ0) is 39.0. The molecule has 0 radical (unpaired) electrons. The molecule has 46 heavy (non-hydrogen) atoms. The molecule has 0 saturated carbocycles. The van der Waals surface area contributed by atoms with Gasteiger partial charge in [-0.2, -0.15) is 0 Å². The van der Waals surface area contributed by atoms with Crippen molar-refractivity contribution in [3.63, 3.8) is 0 Å². The number of aliphatic imine (C=N–C) groups is 2. The molecule has 12 heteroatoms. The third kappa shape index (κ3) is 124. The monoisotopic (exact) mass is 663 g/mol. The van der Waals surface area contributed by atoms with E-state index in [0.29, 0.717) is 0 Å². The lowest BCUT2D eigenvalue weighted by Crippen LogP contribution is -2.43. The Morgan fingerprint density at radius 2 is 0.891 bits per heavy atom. The van der Waals surface area contributed by atoms with Gasteiger partial charge in [-0.1, -0.05) is 0 Å². The molecule has 0 unspecified atom stereocenters. The molecule has 0 heterocycles. The number of nitrogens with two attached hydrogens (primary N) is 1. The zero-order valence-corrected chi connectivity index (χ0v) is 33.6. The van der Waals surface area contributed by atoms with Gasteiger partial charge in [0.15, 0.2) is 0 Å². The maximum absolute atomic E-state index is 11.1. The molecule has 0 fully saturated rings. The van der Waals surface area contributed by atoms with Gasteiger partial charge in [0.2, 0.25) is 12.2 Å². The van der Waals surface area contributed by atoms with Crippen LogP contribution in [-0.2, 0) is 14.3 Å². The molecule has 0 aromatic heterocycles. The number of amides is 3. The van der Waals surface area contributed by atoms with Gasteiger partial charge >= 0.3 is 12.1 Å². The Morgan fingerprint density at radius 1 is 0.652 bits per heavy atom. The fraction of sp³-hybridized carbons (Fsp3) is 0.882. The standard InChI is InChI=1S/C9H19NO2.C7H16N2O.2C5H9NO.C4H11N.C4H10O/c1-8(2,3)10-7(11)12-9(4,5)6;1-5(2)8-7(10)9-6(3)4;2*1-5(2,3)6-4-7;2*1-4(2,3)5/h1-6H3,(H,10,11);5-6H,1-4H3,(H2,8,9,10);2*1-3H3;5H2,1-3H3;5H,1-3H3. The van der Waals surface area contributed by atoms with Gasteiger partial charge in [-0.3, -0.25) is 0 Å². The van der Waals surface area contributed by atoms with Crippen molar-refractivity contribution in [3.8, 4) is 0 Å². The van der Waals surface area contributed by atoms with Crippen molar-refractivity contribution in [2.24, 2.45) is 15.7 Å². The number of carbonyl (C=O) groups excluding carboxylic acids is 4. The zero-order valence-electron chi connectivity index (χ0n) is 33.6. The number of rotatable bonds is 2. The third-order valence-corrected chi connectivity index (χ3v) is 2.48.